The van der Waals surface area contributed by atoms with Crippen LogP contribution in [0.4, 0.5) is 0 Å². The maximum Gasteiger partial charge on any atom is 0.154 e. The molecule has 3 aliphatic heterocycles. The molecule has 3 heterocycles. The summed E-state index contributed by atoms with van der Waals surface area (Å²) in [5.74, 6) is 1.96. The van der Waals surface area contributed by atoms with Crippen molar-refractivity contribution in [3.63, 3.8) is 0 Å². The predicted molar refractivity (Wildman–Crippen MR) is 101 cm³/mol. The number of benzene rings is 1. The van der Waals surface area contributed by atoms with E-state index in [1.165, 1.54) is 25.0 Å². The molecular weight excluding hydrogens is 312 g/mol. The van der Waals surface area contributed by atoms with Crippen LogP contribution < -0.4 is 10.2 Å². The largest absolute Gasteiger partial charge is 0.497 e. The minimum absolute atomic E-state index is 0.367. The minimum Gasteiger partial charge on any atom is -0.497 e. The first kappa shape index (κ1) is 16.2. The molecule has 5 heteroatoms. The van der Waals surface area contributed by atoms with Crippen LogP contribution in [0.5, 0.6) is 5.75 Å². The zero-order valence-electron chi connectivity index (χ0n) is 15.0. The Balaban J connectivity index is 1.72. The van der Waals surface area contributed by atoms with Crippen molar-refractivity contribution >= 4 is 11.5 Å². The second kappa shape index (κ2) is 6.92. The monoisotopic (exact) mass is 338 g/mol. The van der Waals surface area contributed by atoms with Crippen LogP contribution in [0, 0.1) is 0 Å². The lowest BCUT2D eigenvalue weighted by Crippen LogP contribution is -2.43. The summed E-state index contributed by atoms with van der Waals surface area (Å²) in [6, 6.07) is 8.49. The normalized spacial score (nSPS) is 23.0. The number of ether oxygens (including phenoxy) is 1. The first-order chi connectivity index (χ1) is 12.3. The molecule has 25 heavy (non-hydrogen) atoms. The van der Waals surface area contributed by atoms with Gasteiger partial charge in [-0.2, -0.15) is 0 Å². The van der Waals surface area contributed by atoms with Crippen LogP contribution in [-0.4, -0.2) is 42.0 Å². The summed E-state index contributed by atoms with van der Waals surface area (Å²) in [5, 5.41) is 2.15. The smallest absolute Gasteiger partial charge is 0.154 e. The molecule has 0 aromatic heterocycles. The molecule has 5 nitrogen and oxygen atoms in total. The van der Waals surface area contributed by atoms with E-state index in [0.717, 1.165) is 42.4 Å². The predicted octanol–water partition coefficient (Wildman–Crippen LogP) is 3.37. The second-order valence-corrected chi connectivity index (χ2v) is 6.80. The Morgan fingerprint density at radius 1 is 1.24 bits per heavy atom. The molecule has 0 amide bonds. The molecule has 4 rings (SSSR count). The molecule has 1 N–H and O–H groups in total. The average molecular weight is 338 g/mol. The van der Waals surface area contributed by atoms with Gasteiger partial charge in [0.25, 0.3) is 0 Å². The third kappa shape index (κ3) is 3.16. The van der Waals surface area contributed by atoms with E-state index in [0.29, 0.717) is 6.04 Å². The fourth-order valence-electron chi connectivity index (χ4n) is 3.64. The van der Waals surface area contributed by atoms with Crippen molar-refractivity contribution < 1.29 is 4.74 Å². The minimum atomic E-state index is 0.367. The van der Waals surface area contributed by atoms with Gasteiger partial charge in [0.05, 0.1) is 18.5 Å². The highest BCUT2D eigenvalue weighted by molar-refractivity contribution is 6.03. The van der Waals surface area contributed by atoms with Crippen LogP contribution in [0.3, 0.4) is 0 Å². The Bertz CT molecular complexity index is 731. The van der Waals surface area contributed by atoms with E-state index in [-0.39, 0.29) is 0 Å². The molecule has 1 aromatic rings. The van der Waals surface area contributed by atoms with E-state index in [1.54, 1.807) is 7.11 Å². The van der Waals surface area contributed by atoms with Gasteiger partial charge < -0.3 is 9.64 Å². The van der Waals surface area contributed by atoms with Gasteiger partial charge in [-0.1, -0.05) is 19.1 Å². The summed E-state index contributed by atoms with van der Waals surface area (Å²) >= 11 is 0. The topological polar surface area (TPSA) is 40.1 Å². The number of hydrazine groups is 1. The molecular formula is C20H26N4O. The maximum atomic E-state index is 5.38. The maximum absolute atomic E-state index is 5.38. The number of hydrogen-bond acceptors (Lipinski definition) is 5. The molecule has 1 unspecified atom stereocenters. The SMILES string of the molecule is CCC1C=C2C(N3CCCCC3)=NC(c3cccc(OC)c3)=CN2N1. The number of nitrogens with zero attached hydrogens (tertiary/aromatic N) is 3. The Labute approximate surface area is 149 Å². The van der Waals surface area contributed by atoms with Crippen LogP contribution in [0.2, 0.25) is 0 Å². The standard InChI is InChI=1S/C20H26N4O/c1-3-16-13-19-20(23-10-5-4-6-11-23)21-18(14-24(19)22-16)15-8-7-9-17(12-15)25-2/h7-9,12-14,16,22H,3-6,10-11H2,1-2H3. The lowest BCUT2D eigenvalue weighted by Gasteiger charge is -2.35. The Kier molecular flexibility index (Phi) is 4.49. The first-order valence-corrected chi connectivity index (χ1v) is 9.26. The Hall–Kier alpha value is -2.27. The summed E-state index contributed by atoms with van der Waals surface area (Å²) in [5.41, 5.74) is 6.81. The molecule has 1 aromatic carbocycles. The second-order valence-electron chi connectivity index (χ2n) is 6.80. The van der Waals surface area contributed by atoms with Gasteiger partial charge in [-0.3, -0.25) is 5.01 Å². The van der Waals surface area contributed by atoms with Gasteiger partial charge in [0, 0.05) is 30.9 Å². The summed E-state index contributed by atoms with van der Waals surface area (Å²) in [7, 11) is 1.70. The zero-order chi connectivity index (χ0) is 17.2. The molecule has 3 aliphatic rings. The van der Waals surface area contributed by atoms with Crippen molar-refractivity contribution in [2.24, 2.45) is 4.99 Å². The molecule has 0 aliphatic carbocycles. The number of methoxy groups -OCH3 is 1. The van der Waals surface area contributed by atoms with E-state index in [2.05, 4.69) is 40.6 Å². The fraction of sp³-hybridized carbons (Fsp3) is 0.450. The summed E-state index contributed by atoms with van der Waals surface area (Å²) < 4.78 is 5.38. The van der Waals surface area contributed by atoms with Crippen molar-refractivity contribution in [2.45, 2.75) is 38.6 Å². The van der Waals surface area contributed by atoms with E-state index in [9.17, 15) is 0 Å². The zero-order valence-corrected chi connectivity index (χ0v) is 15.0. The summed E-state index contributed by atoms with van der Waals surface area (Å²) in [6.07, 6.45) is 9.29. The molecule has 0 spiro atoms. The van der Waals surface area contributed by atoms with Crippen LogP contribution in [0.1, 0.15) is 38.2 Å². The number of aliphatic imine (C=N–C) groups is 1. The number of piperidine rings is 1. The van der Waals surface area contributed by atoms with Gasteiger partial charge in [0.1, 0.15) is 5.75 Å². The third-order valence-electron chi connectivity index (χ3n) is 5.09. The number of hydrogen-bond donors (Lipinski definition) is 1. The van der Waals surface area contributed by atoms with Crippen LogP contribution in [0.15, 0.2) is 47.2 Å². The van der Waals surface area contributed by atoms with Crippen molar-refractivity contribution in [2.75, 3.05) is 20.2 Å². The van der Waals surface area contributed by atoms with Gasteiger partial charge in [0.2, 0.25) is 0 Å². The molecule has 1 saturated heterocycles. The third-order valence-corrected chi connectivity index (χ3v) is 5.09. The van der Waals surface area contributed by atoms with Crippen LogP contribution >= 0.6 is 0 Å². The van der Waals surface area contributed by atoms with Crippen molar-refractivity contribution in [1.82, 2.24) is 15.3 Å². The quantitative estimate of drug-likeness (QED) is 0.917. The van der Waals surface area contributed by atoms with Crippen molar-refractivity contribution in [3.05, 3.63) is 47.8 Å². The van der Waals surface area contributed by atoms with Gasteiger partial charge in [0.15, 0.2) is 5.84 Å². The number of fused-ring (bicyclic) bond motifs is 1. The highest BCUT2D eigenvalue weighted by Gasteiger charge is 2.31. The molecule has 0 saturated carbocycles. The van der Waals surface area contributed by atoms with Gasteiger partial charge >= 0.3 is 0 Å². The molecule has 0 radical (unpaired) electrons. The van der Waals surface area contributed by atoms with E-state index in [4.69, 9.17) is 9.73 Å². The summed E-state index contributed by atoms with van der Waals surface area (Å²) in [4.78, 5) is 7.50. The molecule has 132 valence electrons. The van der Waals surface area contributed by atoms with Crippen LogP contribution in [-0.2, 0) is 0 Å². The lowest BCUT2D eigenvalue weighted by atomic mass is 10.1. The number of amidine groups is 1. The highest BCUT2D eigenvalue weighted by atomic mass is 16.5. The number of likely N-dealkylation sites (tertiary alicyclic amines) is 1. The molecule has 1 atom stereocenters. The molecule has 0 bridgehead atoms. The summed E-state index contributed by atoms with van der Waals surface area (Å²) in [6.45, 7) is 4.38. The number of rotatable bonds is 3. The average Bonchev–Trinajstić information content (AvgIpc) is 3.11. The van der Waals surface area contributed by atoms with Crippen LogP contribution in [0.25, 0.3) is 5.70 Å². The van der Waals surface area contributed by atoms with Gasteiger partial charge in [-0.25, -0.2) is 10.4 Å². The van der Waals surface area contributed by atoms with E-state index >= 15 is 0 Å². The van der Waals surface area contributed by atoms with Crippen molar-refractivity contribution in [1.29, 1.82) is 0 Å². The highest BCUT2D eigenvalue weighted by Crippen LogP contribution is 2.31. The lowest BCUT2D eigenvalue weighted by molar-refractivity contribution is 0.315. The van der Waals surface area contributed by atoms with Gasteiger partial charge in [-0.15, -0.1) is 0 Å². The van der Waals surface area contributed by atoms with E-state index in [1.807, 2.05) is 18.2 Å². The fourth-order valence-corrected chi connectivity index (χ4v) is 3.64. The van der Waals surface area contributed by atoms with E-state index < -0.39 is 0 Å². The van der Waals surface area contributed by atoms with Crippen molar-refractivity contribution in [3.8, 4) is 5.75 Å². The number of nitrogens with one attached hydrogen (secondary N) is 1. The molecule has 1 fully saturated rings. The first-order valence-electron chi connectivity index (χ1n) is 9.26. The Morgan fingerprint density at radius 3 is 2.84 bits per heavy atom. The van der Waals surface area contributed by atoms with Gasteiger partial charge in [-0.05, 0) is 43.9 Å². The Morgan fingerprint density at radius 2 is 2.08 bits per heavy atom.